The van der Waals surface area contributed by atoms with Gasteiger partial charge in [-0.15, -0.1) is 0 Å². The molecule has 2 N–H and O–H groups in total. The maximum Gasteiger partial charge on any atom is 0.162 e. The van der Waals surface area contributed by atoms with E-state index in [4.69, 9.17) is 15.2 Å². The molecule has 0 bridgehead atoms. The van der Waals surface area contributed by atoms with Crippen molar-refractivity contribution >= 4 is 28.2 Å². The molecule has 5 heterocycles. The third-order valence-electron chi connectivity index (χ3n) is 6.22. The molecule has 0 atom stereocenters. The molecule has 0 aromatic carbocycles. The molecule has 2 aliphatic rings. The number of nitrogens with one attached hydrogen (secondary N) is 2. The van der Waals surface area contributed by atoms with Crippen molar-refractivity contribution in [1.29, 1.82) is 5.26 Å². The maximum absolute atomic E-state index is 8.95. The quantitative estimate of drug-likeness (QED) is 0.473. The fourth-order valence-corrected chi connectivity index (χ4v) is 4.35. The van der Waals surface area contributed by atoms with E-state index < -0.39 is 0 Å². The Morgan fingerprint density at radius 1 is 1.03 bits per heavy atom. The second-order valence-corrected chi connectivity index (χ2v) is 8.60. The molecular formula is C25H23N9. The highest BCUT2D eigenvalue weighted by atomic mass is 15.2. The van der Waals surface area contributed by atoms with Gasteiger partial charge in [-0.25, -0.2) is 19.9 Å². The molecule has 0 unspecified atom stereocenters. The fourth-order valence-electron chi connectivity index (χ4n) is 4.35. The Kier molecular flexibility index (Phi) is 5.20. The first-order valence-electron chi connectivity index (χ1n) is 11.5. The van der Waals surface area contributed by atoms with Gasteiger partial charge in [0, 0.05) is 49.5 Å². The van der Waals surface area contributed by atoms with Gasteiger partial charge in [-0.3, -0.25) is 4.98 Å². The molecule has 34 heavy (non-hydrogen) atoms. The summed E-state index contributed by atoms with van der Waals surface area (Å²) in [5.41, 5.74) is 4.14. The van der Waals surface area contributed by atoms with Crippen molar-refractivity contribution < 1.29 is 0 Å². The van der Waals surface area contributed by atoms with Gasteiger partial charge in [0.2, 0.25) is 0 Å². The zero-order valence-corrected chi connectivity index (χ0v) is 18.6. The SMILES string of the molecule is N#Cc1ccc(Nc2cc(-c3nc(N4CCNCC4)c4c(C5CC5)cncc4n3)ccn2)cn1. The van der Waals surface area contributed by atoms with Crippen LogP contribution in [0.4, 0.5) is 17.3 Å². The van der Waals surface area contributed by atoms with Crippen molar-refractivity contribution in [2.24, 2.45) is 0 Å². The van der Waals surface area contributed by atoms with Crippen LogP contribution in [0.25, 0.3) is 22.3 Å². The van der Waals surface area contributed by atoms with Crippen molar-refractivity contribution in [3.63, 3.8) is 0 Å². The van der Waals surface area contributed by atoms with Gasteiger partial charge in [0.05, 0.1) is 23.6 Å². The van der Waals surface area contributed by atoms with Crippen LogP contribution in [0.5, 0.6) is 0 Å². The van der Waals surface area contributed by atoms with Crippen LogP contribution in [0.2, 0.25) is 0 Å². The molecule has 0 radical (unpaired) electrons. The highest BCUT2D eigenvalue weighted by Gasteiger charge is 2.29. The van der Waals surface area contributed by atoms with Gasteiger partial charge in [0.25, 0.3) is 0 Å². The van der Waals surface area contributed by atoms with Gasteiger partial charge in [0.1, 0.15) is 23.4 Å². The van der Waals surface area contributed by atoms with E-state index in [1.54, 1.807) is 24.5 Å². The minimum atomic E-state index is 0.372. The highest BCUT2D eigenvalue weighted by molar-refractivity contribution is 5.94. The summed E-state index contributed by atoms with van der Waals surface area (Å²) in [7, 11) is 0. The van der Waals surface area contributed by atoms with Crippen LogP contribution in [0.1, 0.15) is 30.0 Å². The molecule has 2 fully saturated rings. The summed E-state index contributed by atoms with van der Waals surface area (Å²) in [4.78, 5) is 25.4. The Hall–Kier alpha value is -4.16. The van der Waals surface area contributed by atoms with Gasteiger partial charge >= 0.3 is 0 Å². The molecule has 168 valence electrons. The first-order valence-corrected chi connectivity index (χ1v) is 11.5. The standard InChI is InChI=1S/C25H23N9/c26-12-18-3-4-19(13-30-18)31-22-11-17(5-6-29-22)24-32-21-15-28-14-20(16-1-2-16)23(21)25(33-24)34-9-7-27-8-10-34/h3-6,11,13-16,27H,1-2,7-10H2,(H,29,31). The molecule has 1 aliphatic carbocycles. The minimum absolute atomic E-state index is 0.372. The van der Waals surface area contributed by atoms with E-state index in [0.717, 1.165) is 54.2 Å². The molecule has 9 nitrogen and oxygen atoms in total. The van der Waals surface area contributed by atoms with Crippen LogP contribution in [0.3, 0.4) is 0 Å². The number of rotatable bonds is 5. The smallest absolute Gasteiger partial charge is 0.162 e. The predicted molar refractivity (Wildman–Crippen MR) is 130 cm³/mol. The second kappa shape index (κ2) is 8.65. The maximum atomic E-state index is 8.95. The van der Waals surface area contributed by atoms with E-state index in [0.29, 0.717) is 23.3 Å². The first-order chi connectivity index (χ1) is 16.8. The van der Waals surface area contributed by atoms with Gasteiger partial charge in [-0.1, -0.05) is 0 Å². The predicted octanol–water partition coefficient (Wildman–Crippen LogP) is 3.38. The van der Waals surface area contributed by atoms with Crippen LogP contribution in [0, 0.1) is 11.3 Å². The number of hydrogen-bond donors (Lipinski definition) is 2. The van der Waals surface area contributed by atoms with Gasteiger partial charge < -0.3 is 15.5 Å². The van der Waals surface area contributed by atoms with E-state index in [1.165, 1.54) is 18.4 Å². The number of nitriles is 1. The van der Waals surface area contributed by atoms with Crippen molar-refractivity contribution in [1.82, 2.24) is 30.2 Å². The topological polar surface area (TPSA) is 116 Å². The normalized spacial score (nSPS) is 15.8. The summed E-state index contributed by atoms with van der Waals surface area (Å²) in [6, 6.07) is 9.35. The number of fused-ring (bicyclic) bond motifs is 1. The lowest BCUT2D eigenvalue weighted by Crippen LogP contribution is -2.44. The van der Waals surface area contributed by atoms with E-state index in [2.05, 4.69) is 30.5 Å². The zero-order valence-electron chi connectivity index (χ0n) is 18.6. The Balaban J connectivity index is 1.41. The number of piperazine rings is 1. The number of nitrogens with zero attached hydrogens (tertiary/aromatic N) is 7. The molecule has 0 spiro atoms. The Morgan fingerprint density at radius 2 is 1.91 bits per heavy atom. The zero-order chi connectivity index (χ0) is 22.9. The number of anilines is 3. The summed E-state index contributed by atoms with van der Waals surface area (Å²) in [6.07, 6.45) is 9.61. The summed E-state index contributed by atoms with van der Waals surface area (Å²) >= 11 is 0. The molecule has 1 saturated carbocycles. The second-order valence-electron chi connectivity index (χ2n) is 8.60. The number of hydrogen-bond acceptors (Lipinski definition) is 9. The molecule has 1 saturated heterocycles. The average Bonchev–Trinajstić information content (AvgIpc) is 3.74. The average molecular weight is 450 g/mol. The molecule has 0 amide bonds. The third-order valence-corrected chi connectivity index (χ3v) is 6.22. The summed E-state index contributed by atoms with van der Waals surface area (Å²) in [6.45, 7) is 3.69. The van der Waals surface area contributed by atoms with Crippen LogP contribution < -0.4 is 15.5 Å². The minimum Gasteiger partial charge on any atom is -0.353 e. The lowest BCUT2D eigenvalue weighted by molar-refractivity contribution is 0.586. The first kappa shape index (κ1) is 20.4. The van der Waals surface area contributed by atoms with Crippen LogP contribution >= 0.6 is 0 Å². The van der Waals surface area contributed by atoms with Crippen molar-refractivity contribution in [3.8, 4) is 17.5 Å². The van der Waals surface area contributed by atoms with Crippen LogP contribution in [-0.4, -0.2) is 51.1 Å². The Bertz CT molecular complexity index is 1380. The largest absolute Gasteiger partial charge is 0.353 e. The summed E-state index contributed by atoms with van der Waals surface area (Å²) in [5, 5.41) is 16.8. The Labute approximate surface area is 196 Å². The highest BCUT2D eigenvalue weighted by Crippen LogP contribution is 2.44. The third kappa shape index (κ3) is 4.00. The van der Waals surface area contributed by atoms with Crippen molar-refractivity contribution in [2.75, 3.05) is 36.4 Å². The number of aromatic nitrogens is 5. The molecule has 9 heteroatoms. The van der Waals surface area contributed by atoms with Crippen LogP contribution in [0.15, 0.2) is 49.1 Å². The van der Waals surface area contributed by atoms with Crippen LogP contribution in [-0.2, 0) is 0 Å². The number of pyridine rings is 3. The summed E-state index contributed by atoms with van der Waals surface area (Å²) < 4.78 is 0. The van der Waals surface area contributed by atoms with E-state index >= 15 is 0 Å². The van der Waals surface area contributed by atoms with E-state index in [1.807, 2.05) is 30.6 Å². The van der Waals surface area contributed by atoms with Gasteiger partial charge in [-0.05, 0) is 48.6 Å². The van der Waals surface area contributed by atoms with Crippen molar-refractivity contribution in [3.05, 3.63) is 60.3 Å². The molecule has 4 aromatic rings. The lowest BCUT2D eigenvalue weighted by atomic mass is 10.1. The summed E-state index contributed by atoms with van der Waals surface area (Å²) in [5.74, 6) is 2.86. The van der Waals surface area contributed by atoms with E-state index in [9.17, 15) is 0 Å². The van der Waals surface area contributed by atoms with Crippen molar-refractivity contribution in [2.45, 2.75) is 18.8 Å². The molecule has 1 aliphatic heterocycles. The molecule has 4 aromatic heterocycles. The fraction of sp³-hybridized carbons (Fsp3) is 0.280. The van der Waals surface area contributed by atoms with Gasteiger partial charge in [0.15, 0.2) is 5.82 Å². The van der Waals surface area contributed by atoms with Gasteiger partial charge in [-0.2, -0.15) is 5.26 Å². The molecule has 6 rings (SSSR count). The Morgan fingerprint density at radius 3 is 2.68 bits per heavy atom. The molecular weight excluding hydrogens is 426 g/mol. The van der Waals surface area contributed by atoms with E-state index in [-0.39, 0.29) is 0 Å². The monoisotopic (exact) mass is 449 g/mol. The lowest BCUT2D eigenvalue weighted by Gasteiger charge is -2.30.